The fraction of sp³-hybridized carbons (Fsp3) is 0.415. The monoisotopic (exact) mass is 1130 g/mol. The summed E-state index contributed by atoms with van der Waals surface area (Å²) < 4.78 is 135. The number of sulfonamides is 2. The van der Waals surface area contributed by atoms with Crippen LogP contribution >= 0.6 is 0 Å². The van der Waals surface area contributed by atoms with E-state index in [0.29, 0.717) is 56.3 Å². The number of nitrogens with one attached hydrogen (secondary N) is 3. The van der Waals surface area contributed by atoms with Gasteiger partial charge in [0.15, 0.2) is 12.3 Å². The maximum absolute atomic E-state index is 13.6. The summed E-state index contributed by atoms with van der Waals surface area (Å²) in [5.41, 5.74) is 10.4. The molecule has 5 heterocycles. The molecule has 5 aliphatic heterocycles. The quantitative estimate of drug-likeness (QED) is 0.0682. The summed E-state index contributed by atoms with van der Waals surface area (Å²) in [6.45, 7) is 12.6. The maximum atomic E-state index is 13.6. The molecule has 2 atom stereocenters. The number of anilines is 3. The molecule has 4 aromatic carbocycles. The number of fused-ring (bicyclic) bond motifs is 8. The molecule has 4 N–H and O–H groups in total. The van der Waals surface area contributed by atoms with Gasteiger partial charge in [-0.05, 0) is 104 Å². The third-order valence-corrected chi connectivity index (χ3v) is 16.3. The van der Waals surface area contributed by atoms with Crippen LogP contribution in [0.4, 0.5) is 35.9 Å². The Bertz CT molecular complexity index is 3420. The van der Waals surface area contributed by atoms with E-state index in [1.165, 1.54) is 11.8 Å². The fourth-order valence-electron chi connectivity index (χ4n) is 10.9. The topological polar surface area (TPSA) is 244 Å². The fourth-order valence-corrected chi connectivity index (χ4v) is 12.5. The molecule has 414 valence electrons. The van der Waals surface area contributed by atoms with Crippen LogP contribution in [0.5, 0.6) is 5.75 Å². The van der Waals surface area contributed by atoms with Crippen LogP contribution in [0.15, 0.2) is 113 Å². The average Bonchev–Trinajstić information content (AvgIpc) is 3.79. The van der Waals surface area contributed by atoms with E-state index < -0.39 is 53.1 Å². The van der Waals surface area contributed by atoms with Gasteiger partial charge >= 0.3 is 12.1 Å². The van der Waals surface area contributed by atoms with Gasteiger partial charge < -0.3 is 29.3 Å². The van der Waals surface area contributed by atoms with Crippen molar-refractivity contribution in [2.75, 3.05) is 72.7 Å². The Morgan fingerprint density at radius 2 is 1.44 bits per heavy atom. The number of alkyl halides is 3. The smallest absolute Gasteiger partial charge is 0.490 e. The summed E-state index contributed by atoms with van der Waals surface area (Å²) in [6.07, 6.45) is 1.73. The average molecular weight is 1130 g/mol. The van der Waals surface area contributed by atoms with E-state index >= 15 is 0 Å². The zero-order valence-corrected chi connectivity index (χ0v) is 45.7. The van der Waals surface area contributed by atoms with Crippen molar-refractivity contribution >= 4 is 70.5 Å². The highest BCUT2D eigenvalue weighted by atomic mass is 32.2. The number of carboxylic acids is 1. The number of aliphatic carboxylic acids is 1. The molecule has 1 amide bonds. The first-order valence-electron chi connectivity index (χ1n) is 24.7. The van der Waals surface area contributed by atoms with E-state index in [-0.39, 0.29) is 29.4 Å². The van der Waals surface area contributed by atoms with Gasteiger partial charge in [-0.15, -0.1) is 0 Å². The molecule has 4 aromatic rings. The molecule has 2 unspecified atom stereocenters. The van der Waals surface area contributed by atoms with Crippen LogP contribution < -0.4 is 24.4 Å². The maximum Gasteiger partial charge on any atom is 0.490 e. The predicted octanol–water partition coefficient (Wildman–Crippen LogP) is 6.18. The van der Waals surface area contributed by atoms with E-state index in [1.54, 1.807) is 48.5 Å². The molecule has 18 nitrogen and oxygen atoms in total. The highest BCUT2D eigenvalue weighted by molar-refractivity contribution is 7.92. The highest BCUT2D eigenvalue weighted by Gasteiger charge is 2.54. The second kappa shape index (κ2) is 21.5. The molecule has 0 spiro atoms. The van der Waals surface area contributed by atoms with Gasteiger partial charge in [-0.1, -0.05) is 38.1 Å². The number of carbonyl (C=O) groups is 2. The minimum Gasteiger partial charge on any atom is -0.744 e. The summed E-state index contributed by atoms with van der Waals surface area (Å²) in [4.78, 5) is 26.9. The van der Waals surface area contributed by atoms with Crippen molar-refractivity contribution < 1.29 is 71.7 Å². The highest BCUT2D eigenvalue weighted by Crippen LogP contribution is 2.54. The van der Waals surface area contributed by atoms with Gasteiger partial charge in [-0.3, -0.25) is 19.1 Å². The number of carbonyl (C=O) groups excluding carboxylic acids is 1. The molecule has 0 saturated heterocycles. The van der Waals surface area contributed by atoms with Crippen molar-refractivity contribution in [3.63, 3.8) is 0 Å². The molecule has 24 heteroatoms. The standard InChI is InChI=1S/C51H60N6O10S3.C2HF3O2/c1-50(2)41-29-34(30-47(58)52-22-26-55(23-19-33-7-10-35(11-8-33)53-68(5,59)60)27-28-66-37-14-12-36(13-15-37)54-69(6,61)62)9-17-43(41)56-24-20-45-39(48(50)56)32-40-46(67-45)21-25-57-44-18-16-38(70(63,64)65)31-42(44)51(3,4)49(40)57;3-2(4,5)1(6)7/h7-18,29,31-32,45-46,53-54H,19-28,30H2,1-6H3,(H-,52,58,63,64,65);(H,6,7). The first kappa shape index (κ1) is 56.9. The van der Waals surface area contributed by atoms with Crippen LogP contribution in [0.2, 0.25) is 0 Å². The largest absolute Gasteiger partial charge is 0.744 e. The molecule has 5 aliphatic rings. The molecular weight excluding hydrogens is 1070 g/mol. The lowest BCUT2D eigenvalue weighted by Crippen LogP contribution is -2.47. The number of hydrogen-bond acceptors (Lipinski definition) is 13. The summed E-state index contributed by atoms with van der Waals surface area (Å²) in [7, 11) is -11.4. The van der Waals surface area contributed by atoms with Crippen molar-refractivity contribution in [2.45, 2.75) is 87.5 Å². The molecule has 0 bridgehead atoms. The Balaban J connectivity index is 0.00000105. The Kier molecular flexibility index (Phi) is 15.9. The van der Waals surface area contributed by atoms with Crippen molar-refractivity contribution in [1.82, 2.24) is 10.2 Å². The van der Waals surface area contributed by atoms with Crippen molar-refractivity contribution in [3.8, 4) is 5.75 Å². The lowest BCUT2D eigenvalue weighted by Gasteiger charge is -2.42. The van der Waals surface area contributed by atoms with Gasteiger partial charge in [0, 0.05) is 90.1 Å². The number of ether oxygens (including phenoxy) is 2. The summed E-state index contributed by atoms with van der Waals surface area (Å²) in [6, 6.07) is 24.9. The van der Waals surface area contributed by atoms with Crippen LogP contribution in [-0.2, 0) is 68.2 Å². The van der Waals surface area contributed by atoms with Gasteiger partial charge in [-0.2, -0.15) is 17.7 Å². The van der Waals surface area contributed by atoms with Gasteiger partial charge in [0.25, 0.3) is 0 Å². The first-order chi connectivity index (χ1) is 35.9. The second-order valence-electron chi connectivity index (χ2n) is 20.7. The second-order valence-corrected chi connectivity index (χ2v) is 25.6. The van der Waals surface area contributed by atoms with Crippen LogP contribution in [0.3, 0.4) is 0 Å². The zero-order chi connectivity index (χ0) is 56.0. The number of hydrogen-bond donors (Lipinski definition) is 4. The third kappa shape index (κ3) is 13.0. The zero-order valence-electron chi connectivity index (χ0n) is 43.2. The van der Waals surface area contributed by atoms with Crippen LogP contribution in [0, 0.1) is 0 Å². The summed E-state index contributed by atoms with van der Waals surface area (Å²) in [5.74, 6) is -2.27. The van der Waals surface area contributed by atoms with E-state index in [4.69, 9.17) is 19.4 Å². The number of rotatable bonds is 17. The molecule has 0 saturated carbocycles. The van der Waals surface area contributed by atoms with Crippen LogP contribution in [-0.4, -0.2) is 139 Å². The number of benzene rings is 4. The SMILES string of the molecule is CC1(C)C2=C3C=C4C5=[N+](CCC4OC3CCN2c2ccc(CC(=O)NCCN(CCOc3ccc(NS(C)(=O)=O)cc3)CCc3ccc(NS(C)(=O)=O)cc3)cc21)c1ccc(S(=O)(=O)[O-])cc1C5(C)C.O=C(O)C(F)(F)F. The van der Waals surface area contributed by atoms with E-state index in [9.17, 15) is 47.8 Å². The first-order valence-corrected chi connectivity index (χ1v) is 29.9. The van der Waals surface area contributed by atoms with E-state index in [0.717, 1.165) is 88.9 Å². The molecule has 0 aromatic heterocycles. The molecule has 9 rings (SSSR count). The molecular formula is C53H61F3N6O12S3. The Labute approximate surface area is 446 Å². The van der Waals surface area contributed by atoms with E-state index in [1.807, 2.05) is 18.2 Å². The van der Waals surface area contributed by atoms with Gasteiger partial charge in [0.2, 0.25) is 31.6 Å². The Hall–Kier alpha value is -6.31. The normalized spacial score (nSPS) is 19.1. The number of allylic oxidation sites excluding steroid dienone is 1. The van der Waals surface area contributed by atoms with Gasteiger partial charge in [0.1, 0.15) is 22.5 Å². The predicted molar refractivity (Wildman–Crippen MR) is 283 cm³/mol. The van der Waals surface area contributed by atoms with Crippen LogP contribution in [0.1, 0.15) is 62.8 Å². The number of halogens is 3. The third-order valence-electron chi connectivity index (χ3n) is 14.2. The minimum atomic E-state index is -5.08. The molecule has 0 aliphatic carbocycles. The Morgan fingerprint density at radius 3 is 2.05 bits per heavy atom. The van der Waals surface area contributed by atoms with Gasteiger partial charge in [-0.25, -0.2) is 30.0 Å². The summed E-state index contributed by atoms with van der Waals surface area (Å²) >= 11 is 0. The van der Waals surface area contributed by atoms with Crippen molar-refractivity contribution in [2.24, 2.45) is 0 Å². The lowest BCUT2D eigenvalue weighted by atomic mass is 9.74. The Morgan fingerprint density at radius 1 is 0.818 bits per heavy atom. The number of carboxylic acid groups (broad SMARTS) is 1. The number of nitrogens with zero attached hydrogens (tertiary/aromatic N) is 3. The van der Waals surface area contributed by atoms with Gasteiger partial charge in [0.05, 0.1) is 41.5 Å². The number of amides is 1. The molecule has 0 radical (unpaired) electrons. The molecule has 0 fully saturated rings. The van der Waals surface area contributed by atoms with Crippen molar-refractivity contribution in [1.29, 1.82) is 0 Å². The molecule has 77 heavy (non-hydrogen) atoms. The lowest BCUT2D eigenvalue weighted by molar-refractivity contribution is -0.445. The summed E-state index contributed by atoms with van der Waals surface area (Å²) in [5, 5.41) is 10.3. The minimum absolute atomic E-state index is 0.0798. The van der Waals surface area contributed by atoms with Crippen LogP contribution in [0.25, 0.3) is 0 Å². The van der Waals surface area contributed by atoms with Crippen molar-refractivity contribution in [3.05, 3.63) is 130 Å². The van der Waals surface area contributed by atoms with E-state index in [2.05, 4.69) is 75.0 Å².